The minimum absolute atomic E-state index is 0.316. The summed E-state index contributed by atoms with van der Waals surface area (Å²) in [5.74, 6) is 0.316. The zero-order valence-electron chi connectivity index (χ0n) is 8.86. The molecule has 1 heterocycles. The van der Waals surface area contributed by atoms with Crippen LogP contribution >= 0.6 is 0 Å². The van der Waals surface area contributed by atoms with Crippen molar-refractivity contribution in [2.24, 2.45) is 0 Å². The Balaban J connectivity index is 2.73. The highest BCUT2D eigenvalue weighted by molar-refractivity contribution is 5.87. The fourth-order valence-corrected chi connectivity index (χ4v) is 1.70. The third kappa shape index (κ3) is 1.71. The number of benzene rings is 1. The summed E-state index contributed by atoms with van der Waals surface area (Å²) in [5, 5.41) is 11.9. The lowest BCUT2D eigenvalue weighted by atomic mass is 10.0. The summed E-state index contributed by atoms with van der Waals surface area (Å²) in [6.45, 7) is 3.85. The maximum Gasteiger partial charge on any atom is 0.118 e. The maximum atomic E-state index is 9.66. The predicted molar refractivity (Wildman–Crippen MR) is 62.8 cm³/mol. The lowest BCUT2D eigenvalue weighted by molar-refractivity contribution is 0.511. The van der Waals surface area contributed by atoms with Gasteiger partial charge in [-0.1, -0.05) is 0 Å². The summed E-state index contributed by atoms with van der Waals surface area (Å²) in [7, 11) is 0. The van der Waals surface area contributed by atoms with Crippen LogP contribution in [0.2, 0.25) is 0 Å². The van der Waals surface area contributed by atoms with E-state index in [0.29, 0.717) is 5.76 Å². The highest BCUT2D eigenvalue weighted by Gasteiger charge is 2.03. The van der Waals surface area contributed by atoms with Crippen molar-refractivity contribution in [1.82, 2.24) is 4.98 Å². The van der Waals surface area contributed by atoms with E-state index in [1.807, 2.05) is 38.2 Å². The first-order valence-corrected chi connectivity index (χ1v) is 4.92. The molecule has 1 aromatic heterocycles. The molecule has 0 atom stereocenters. The molecule has 0 unspecified atom stereocenters. The zero-order valence-corrected chi connectivity index (χ0v) is 8.86. The van der Waals surface area contributed by atoms with Crippen LogP contribution in [0.1, 0.15) is 18.1 Å². The van der Waals surface area contributed by atoms with Gasteiger partial charge < -0.3 is 5.11 Å². The monoisotopic (exact) mass is 199 g/mol. The number of aliphatic hydroxyl groups excluding tert-OH is 1. The van der Waals surface area contributed by atoms with Crippen LogP contribution in [0.25, 0.3) is 16.5 Å². The summed E-state index contributed by atoms with van der Waals surface area (Å²) in [4.78, 5) is 4.09. The van der Waals surface area contributed by atoms with Crippen LogP contribution < -0.4 is 0 Å². The minimum atomic E-state index is 0.316. The molecule has 0 bridgehead atoms. The largest absolute Gasteiger partial charge is 0.508 e. The quantitative estimate of drug-likeness (QED) is 0.713. The van der Waals surface area contributed by atoms with Crippen molar-refractivity contribution in [3.63, 3.8) is 0 Å². The van der Waals surface area contributed by atoms with Crippen LogP contribution in [0, 0.1) is 6.92 Å². The van der Waals surface area contributed by atoms with Gasteiger partial charge in [-0.25, -0.2) is 0 Å². The Morgan fingerprint density at radius 1 is 1.40 bits per heavy atom. The molecule has 2 rings (SSSR count). The first kappa shape index (κ1) is 9.71. The Morgan fingerprint density at radius 2 is 2.20 bits per heavy atom. The number of allylic oxidation sites excluding steroid dienone is 1. The van der Waals surface area contributed by atoms with Gasteiger partial charge in [0.05, 0.1) is 0 Å². The summed E-state index contributed by atoms with van der Waals surface area (Å²) >= 11 is 0. The van der Waals surface area contributed by atoms with Gasteiger partial charge in [-0.3, -0.25) is 4.98 Å². The van der Waals surface area contributed by atoms with Crippen molar-refractivity contribution >= 4 is 16.5 Å². The normalized spacial score (nSPS) is 12.0. The molecule has 0 aliphatic carbocycles. The molecule has 2 heteroatoms. The van der Waals surface area contributed by atoms with Crippen LogP contribution in [0.4, 0.5) is 0 Å². The van der Waals surface area contributed by atoms with Crippen LogP contribution in [0.3, 0.4) is 0 Å². The van der Waals surface area contributed by atoms with Gasteiger partial charge in [0.1, 0.15) is 5.76 Å². The highest BCUT2D eigenvalue weighted by atomic mass is 16.3. The maximum absolute atomic E-state index is 9.66. The molecule has 0 aliphatic heterocycles. The summed E-state index contributed by atoms with van der Waals surface area (Å²) in [6.07, 6.45) is 5.31. The van der Waals surface area contributed by atoms with E-state index in [2.05, 4.69) is 4.98 Å². The first-order valence-electron chi connectivity index (χ1n) is 4.92. The molecule has 2 aromatic rings. The molecule has 0 fully saturated rings. The smallest absolute Gasteiger partial charge is 0.118 e. The van der Waals surface area contributed by atoms with Crippen LogP contribution in [-0.4, -0.2) is 10.1 Å². The van der Waals surface area contributed by atoms with E-state index in [4.69, 9.17) is 0 Å². The zero-order chi connectivity index (χ0) is 10.8. The molecule has 76 valence electrons. The molecule has 15 heavy (non-hydrogen) atoms. The number of hydrogen-bond acceptors (Lipinski definition) is 2. The molecular formula is C13H13NO. The van der Waals surface area contributed by atoms with Crippen molar-refractivity contribution < 1.29 is 5.11 Å². The van der Waals surface area contributed by atoms with Gasteiger partial charge in [-0.2, -0.15) is 0 Å². The van der Waals surface area contributed by atoms with E-state index in [9.17, 15) is 5.11 Å². The van der Waals surface area contributed by atoms with E-state index < -0.39 is 0 Å². The standard InChI is InChI=1S/C13H13NO/c1-3-13(15)11-6-9(2)12-8-14-5-4-10(12)7-11/h3-8,15H,1-2H3/b13-3+. The van der Waals surface area contributed by atoms with Crippen LogP contribution in [0.5, 0.6) is 0 Å². The predicted octanol–water partition coefficient (Wildman–Crippen LogP) is 3.46. The second kappa shape index (κ2) is 3.73. The fraction of sp³-hybridized carbons (Fsp3) is 0.154. The Hall–Kier alpha value is -1.83. The number of aliphatic hydroxyl groups is 1. The average Bonchev–Trinajstić information content (AvgIpc) is 2.28. The SMILES string of the molecule is C/C=C(/O)c1cc(C)c2cnccc2c1. The van der Waals surface area contributed by atoms with Gasteiger partial charge in [0.25, 0.3) is 0 Å². The van der Waals surface area contributed by atoms with E-state index >= 15 is 0 Å². The number of aromatic nitrogens is 1. The lowest BCUT2D eigenvalue weighted by Crippen LogP contribution is -1.87. The van der Waals surface area contributed by atoms with E-state index in [0.717, 1.165) is 21.9 Å². The molecular weight excluding hydrogens is 186 g/mol. The fourth-order valence-electron chi connectivity index (χ4n) is 1.70. The van der Waals surface area contributed by atoms with Crippen LogP contribution in [-0.2, 0) is 0 Å². The van der Waals surface area contributed by atoms with Gasteiger partial charge in [-0.05, 0) is 49.1 Å². The summed E-state index contributed by atoms with van der Waals surface area (Å²) < 4.78 is 0. The van der Waals surface area contributed by atoms with E-state index in [1.165, 1.54) is 0 Å². The number of aryl methyl sites for hydroxylation is 1. The van der Waals surface area contributed by atoms with E-state index in [-0.39, 0.29) is 0 Å². The van der Waals surface area contributed by atoms with Crippen molar-refractivity contribution in [2.75, 3.05) is 0 Å². The molecule has 0 aliphatic rings. The van der Waals surface area contributed by atoms with Crippen molar-refractivity contribution in [2.45, 2.75) is 13.8 Å². The van der Waals surface area contributed by atoms with Gasteiger partial charge >= 0.3 is 0 Å². The van der Waals surface area contributed by atoms with Crippen molar-refractivity contribution in [3.8, 4) is 0 Å². The minimum Gasteiger partial charge on any atom is -0.508 e. The van der Waals surface area contributed by atoms with Crippen molar-refractivity contribution in [1.29, 1.82) is 0 Å². The number of fused-ring (bicyclic) bond motifs is 1. The Bertz CT molecular complexity index is 529. The summed E-state index contributed by atoms with van der Waals surface area (Å²) in [5.41, 5.74) is 1.98. The summed E-state index contributed by atoms with van der Waals surface area (Å²) in [6, 6.07) is 5.90. The van der Waals surface area contributed by atoms with Gasteiger partial charge in [0.2, 0.25) is 0 Å². The van der Waals surface area contributed by atoms with Gasteiger partial charge in [0.15, 0.2) is 0 Å². The Labute approximate surface area is 88.9 Å². The van der Waals surface area contributed by atoms with E-state index in [1.54, 1.807) is 12.3 Å². The first-order chi connectivity index (χ1) is 7.22. The molecule has 1 aromatic carbocycles. The Morgan fingerprint density at radius 3 is 2.93 bits per heavy atom. The van der Waals surface area contributed by atoms with Crippen LogP contribution in [0.15, 0.2) is 36.7 Å². The topological polar surface area (TPSA) is 33.1 Å². The second-order valence-electron chi connectivity index (χ2n) is 3.56. The second-order valence-corrected chi connectivity index (χ2v) is 3.56. The third-order valence-corrected chi connectivity index (χ3v) is 2.53. The number of rotatable bonds is 1. The van der Waals surface area contributed by atoms with Gasteiger partial charge in [0, 0.05) is 23.3 Å². The third-order valence-electron chi connectivity index (χ3n) is 2.53. The molecule has 0 saturated heterocycles. The lowest BCUT2D eigenvalue weighted by Gasteiger charge is -2.05. The number of hydrogen-bond donors (Lipinski definition) is 1. The molecule has 0 radical (unpaired) electrons. The van der Waals surface area contributed by atoms with Crippen molar-refractivity contribution in [3.05, 3.63) is 47.8 Å². The van der Waals surface area contributed by atoms with Gasteiger partial charge in [-0.15, -0.1) is 0 Å². The molecule has 1 N–H and O–H groups in total. The molecule has 0 saturated carbocycles. The number of nitrogens with zero attached hydrogens (tertiary/aromatic N) is 1. The Kier molecular flexibility index (Phi) is 2.42. The molecule has 2 nitrogen and oxygen atoms in total. The molecule has 0 spiro atoms. The highest BCUT2D eigenvalue weighted by Crippen LogP contribution is 2.22. The average molecular weight is 199 g/mol. The molecule has 0 amide bonds. The number of pyridine rings is 1.